The number of pyridine rings is 1. The Hall–Kier alpha value is -4.76. The van der Waals surface area contributed by atoms with E-state index in [1.807, 2.05) is 0 Å². The lowest BCUT2D eigenvalue weighted by atomic mass is 10.1. The van der Waals surface area contributed by atoms with Crippen LogP contribution in [0.4, 0.5) is 0 Å². The third-order valence-corrected chi connectivity index (χ3v) is 6.81. The van der Waals surface area contributed by atoms with Crippen molar-refractivity contribution in [2.24, 2.45) is 0 Å². The molecule has 1 aromatic heterocycles. The van der Waals surface area contributed by atoms with E-state index in [4.69, 9.17) is 5.11 Å². The van der Waals surface area contributed by atoms with Crippen LogP contribution in [0.1, 0.15) is 105 Å². The number of carboxylic acids is 1. The summed E-state index contributed by atoms with van der Waals surface area (Å²) >= 11 is 0. The van der Waals surface area contributed by atoms with Gasteiger partial charge < -0.3 is 5.11 Å². The van der Waals surface area contributed by atoms with E-state index in [0.29, 0.717) is 0 Å². The molecule has 262 valence electrons. The summed E-state index contributed by atoms with van der Waals surface area (Å²) in [4.78, 5) is 13.7. The van der Waals surface area contributed by atoms with Crippen molar-refractivity contribution in [2.75, 3.05) is 0 Å². The number of carboxylic acid groups (broad SMARTS) is 1. The van der Waals surface area contributed by atoms with Gasteiger partial charge in [-0.25, -0.2) is 9.78 Å². The van der Waals surface area contributed by atoms with Crippen molar-refractivity contribution in [1.82, 2.24) is 4.98 Å². The van der Waals surface area contributed by atoms with Gasteiger partial charge in [-0.15, -0.1) is 0 Å². The fraction of sp³-hybridized carbons (Fsp3) is 0.304. The summed E-state index contributed by atoms with van der Waals surface area (Å²) in [5, 5.41) is 8.32. The molecule has 0 unspecified atom stereocenters. The quantitative estimate of drug-likeness (QED) is 0.134. The largest absolute Gasteiger partial charge is 0.477 e. The number of aromatic carboxylic acids is 1. The number of hydrogen-bond acceptors (Lipinski definition) is 2. The van der Waals surface area contributed by atoms with Gasteiger partial charge >= 0.3 is 5.97 Å². The van der Waals surface area contributed by atoms with Crippen LogP contribution in [-0.2, 0) is 0 Å². The molecule has 0 aliphatic carbocycles. The Morgan fingerprint density at radius 2 is 0.918 bits per heavy atom. The SMILES string of the molecule is CC(C)=CCC/C(C)=C/C=C/C(C)=C/C=C/C(C)=C/C=C/C=C(C)/C=C/C=C(C)/C=C/C=C(\C)CCC=C(C)C.O=C(O)c1ccccn1. The number of allylic oxidation sites excluding steroid dienone is 26. The highest BCUT2D eigenvalue weighted by atomic mass is 16.4. The Kier molecular flexibility index (Phi) is 25.5. The minimum absolute atomic E-state index is 0.0810. The first-order valence-corrected chi connectivity index (χ1v) is 17.1. The first kappa shape index (κ1) is 44.2. The van der Waals surface area contributed by atoms with E-state index in [1.54, 1.807) is 12.1 Å². The molecule has 1 heterocycles. The molecule has 0 aliphatic heterocycles. The van der Waals surface area contributed by atoms with Gasteiger partial charge in [0.1, 0.15) is 5.69 Å². The summed E-state index contributed by atoms with van der Waals surface area (Å²) in [7, 11) is 0. The molecule has 1 rings (SSSR count). The molecule has 3 nitrogen and oxygen atoms in total. The summed E-state index contributed by atoms with van der Waals surface area (Å²) in [6.45, 7) is 21.5. The van der Waals surface area contributed by atoms with Crippen LogP contribution < -0.4 is 0 Å². The summed E-state index contributed by atoms with van der Waals surface area (Å²) in [5.74, 6) is -0.990. The van der Waals surface area contributed by atoms with Crippen LogP contribution in [0.2, 0.25) is 0 Å². The fourth-order valence-corrected chi connectivity index (χ4v) is 3.90. The highest BCUT2D eigenvalue weighted by Crippen LogP contribution is 2.09. The second kappa shape index (κ2) is 28.3. The monoisotopic (exact) mass is 659 g/mol. The van der Waals surface area contributed by atoms with E-state index in [2.05, 4.69) is 184 Å². The zero-order chi connectivity index (χ0) is 36.9. The third-order valence-electron chi connectivity index (χ3n) is 6.81. The molecule has 1 aromatic rings. The predicted molar refractivity (Wildman–Crippen MR) is 217 cm³/mol. The second-order valence-corrected chi connectivity index (χ2v) is 12.7. The molecule has 0 radical (unpaired) electrons. The lowest BCUT2D eigenvalue weighted by Gasteiger charge is -1.96. The smallest absolute Gasteiger partial charge is 0.354 e. The van der Waals surface area contributed by atoms with Gasteiger partial charge in [-0.2, -0.15) is 0 Å². The Balaban J connectivity index is 0.00000219. The predicted octanol–water partition coefficient (Wildman–Crippen LogP) is 13.7. The van der Waals surface area contributed by atoms with Gasteiger partial charge in [0.15, 0.2) is 0 Å². The Morgan fingerprint density at radius 3 is 1.22 bits per heavy atom. The maximum absolute atomic E-state index is 10.1. The van der Waals surface area contributed by atoms with Crippen LogP contribution in [0, 0.1) is 0 Å². The molecular formula is C46H61NO2. The standard InChI is InChI=1S/C40H56.C6H5NO2/c1-33(2)19-13-23-37(7)27-17-31-39(9)29-15-25-35(5)21-11-12-22-36(6)26-16-30-40(10)32-18-28-38(8)24-14-20-34(3)4;8-6(9)5-3-1-2-4-7-5/h11-12,15-22,25-32H,13-14,23-24H2,1-10H3;1-4H,(H,8,9)/b12-11+,25-15+,26-16+,31-17+,32-18+,35-21+,36-22+,37-27+,38-28+,39-29+,40-30+;. The maximum atomic E-state index is 10.1. The van der Waals surface area contributed by atoms with Crippen molar-refractivity contribution in [3.8, 4) is 0 Å². The van der Waals surface area contributed by atoms with E-state index in [1.165, 1.54) is 56.8 Å². The topological polar surface area (TPSA) is 50.2 Å². The maximum Gasteiger partial charge on any atom is 0.354 e. The minimum Gasteiger partial charge on any atom is -0.477 e. The van der Waals surface area contributed by atoms with Gasteiger partial charge in [-0.1, -0.05) is 160 Å². The van der Waals surface area contributed by atoms with E-state index < -0.39 is 5.97 Å². The highest BCUT2D eigenvalue weighted by Gasteiger charge is 1.99. The van der Waals surface area contributed by atoms with Crippen LogP contribution >= 0.6 is 0 Å². The van der Waals surface area contributed by atoms with Crippen molar-refractivity contribution in [3.63, 3.8) is 0 Å². The van der Waals surface area contributed by atoms with Gasteiger partial charge in [0.25, 0.3) is 0 Å². The van der Waals surface area contributed by atoms with E-state index in [0.717, 1.165) is 25.7 Å². The second-order valence-electron chi connectivity index (χ2n) is 12.7. The average Bonchev–Trinajstić information content (AvgIpc) is 3.03. The molecule has 0 spiro atoms. The molecule has 0 aliphatic rings. The van der Waals surface area contributed by atoms with E-state index in [-0.39, 0.29) is 5.69 Å². The summed E-state index contributed by atoms with van der Waals surface area (Å²) in [6, 6.07) is 4.76. The van der Waals surface area contributed by atoms with Crippen molar-refractivity contribution in [3.05, 3.63) is 184 Å². The van der Waals surface area contributed by atoms with Crippen LogP contribution in [-0.4, -0.2) is 16.1 Å². The Labute approximate surface area is 299 Å². The lowest BCUT2D eigenvalue weighted by molar-refractivity contribution is 0.0690. The number of rotatable bonds is 17. The molecule has 0 aromatic carbocycles. The van der Waals surface area contributed by atoms with Crippen molar-refractivity contribution >= 4 is 5.97 Å². The van der Waals surface area contributed by atoms with Crippen LogP contribution in [0.15, 0.2) is 178 Å². The van der Waals surface area contributed by atoms with Gasteiger partial charge in [-0.3, -0.25) is 0 Å². The number of hydrogen-bond donors (Lipinski definition) is 1. The molecule has 0 amide bonds. The summed E-state index contributed by atoms with van der Waals surface area (Å²) in [6.07, 6.45) is 44.8. The molecule has 0 fully saturated rings. The Bertz CT molecular complexity index is 1440. The molecular weight excluding hydrogens is 599 g/mol. The third kappa shape index (κ3) is 29.1. The first-order chi connectivity index (χ1) is 23.3. The number of carbonyl (C=O) groups is 1. The van der Waals surface area contributed by atoms with Crippen molar-refractivity contribution < 1.29 is 9.90 Å². The zero-order valence-corrected chi connectivity index (χ0v) is 31.8. The average molecular weight is 660 g/mol. The van der Waals surface area contributed by atoms with E-state index >= 15 is 0 Å². The molecule has 0 saturated carbocycles. The molecule has 49 heavy (non-hydrogen) atoms. The van der Waals surface area contributed by atoms with Gasteiger partial charge in [0.2, 0.25) is 0 Å². The van der Waals surface area contributed by atoms with Gasteiger partial charge in [-0.05, 0) is 107 Å². The van der Waals surface area contributed by atoms with Crippen LogP contribution in [0.5, 0.6) is 0 Å². The lowest BCUT2D eigenvalue weighted by Crippen LogP contribution is -1.97. The van der Waals surface area contributed by atoms with Crippen LogP contribution in [0.25, 0.3) is 0 Å². The molecule has 3 heteroatoms. The fourth-order valence-electron chi connectivity index (χ4n) is 3.90. The zero-order valence-electron chi connectivity index (χ0n) is 31.8. The van der Waals surface area contributed by atoms with Crippen molar-refractivity contribution in [2.45, 2.75) is 94.9 Å². The van der Waals surface area contributed by atoms with E-state index in [9.17, 15) is 4.79 Å². The number of aromatic nitrogens is 1. The van der Waals surface area contributed by atoms with Gasteiger partial charge in [0, 0.05) is 6.20 Å². The normalized spacial score (nSPS) is 13.9. The molecule has 0 atom stereocenters. The summed E-state index contributed by atoms with van der Waals surface area (Å²) in [5.41, 5.74) is 10.6. The van der Waals surface area contributed by atoms with Crippen molar-refractivity contribution in [1.29, 1.82) is 0 Å². The van der Waals surface area contributed by atoms with Gasteiger partial charge in [0.05, 0.1) is 0 Å². The molecule has 0 saturated heterocycles. The first-order valence-electron chi connectivity index (χ1n) is 17.1. The molecule has 0 bridgehead atoms. The molecule has 1 N–H and O–H groups in total. The Morgan fingerprint density at radius 1 is 0.551 bits per heavy atom. The van der Waals surface area contributed by atoms with Crippen LogP contribution in [0.3, 0.4) is 0 Å². The highest BCUT2D eigenvalue weighted by molar-refractivity contribution is 5.85. The number of nitrogens with zero attached hydrogens (tertiary/aromatic N) is 1. The summed E-state index contributed by atoms with van der Waals surface area (Å²) < 4.78 is 0. The minimum atomic E-state index is -0.990.